The van der Waals surface area contributed by atoms with Gasteiger partial charge in [0.1, 0.15) is 5.78 Å². The lowest BCUT2D eigenvalue weighted by Crippen LogP contribution is -2.45. The highest BCUT2D eigenvalue weighted by molar-refractivity contribution is 5.81. The zero-order valence-electron chi connectivity index (χ0n) is 11.1. The molecule has 16 heavy (non-hydrogen) atoms. The normalized spacial score (nSPS) is 23.4. The number of ether oxygens (including phenoxy) is 1. The third kappa shape index (κ3) is 3.87. The molecule has 3 nitrogen and oxygen atoms in total. The number of carbonyl (C=O) groups excluding carboxylic acids is 1. The minimum atomic E-state index is -0.228. The Morgan fingerprint density at radius 2 is 2.19 bits per heavy atom. The van der Waals surface area contributed by atoms with Gasteiger partial charge < -0.3 is 4.74 Å². The molecule has 0 aromatic heterocycles. The molecule has 94 valence electrons. The Bertz CT molecular complexity index is 236. The van der Waals surface area contributed by atoms with Crippen molar-refractivity contribution in [2.24, 2.45) is 5.41 Å². The van der Waals surface area contributed by atoms with Crippen LogP contribution in [0.25, 0.3) is 0 Å². The lowest BCUT2D eigenvalue weighted by Gasteiger charge is -2.36. The highest BCUT2D eigenvalue weighted by Gasteiger charge is 2.29. The molecule has 0 aliphatic carbocycles. The van der Waals surface area contributed by atoms with Gasteiger partial charge in [0.25, 0.3) is 0 Å². The van der Waals surface area contributed by atoms with E-state index in [1.807, 2.05) is 20.8 Å². The van der Waals surface area contributed by atoms with E-state index in [0.29, 0.717) is 6.10 Å². The van der Waals surface area contributed by atoms with Gasteiger partial charge >= 0.3 is 0 Å². The molecule has 0 aromatic rings. The largest absolute Gasteiger partial charge is 0.377 e. The molecule has 1 saturated heterocycles. The summed E-state index contributed by atoms with van der Waals surface area (Å²) in [4.78, 5) is 13.9. The Kier molecular flexibility index (Phi) is 4.93. The third-order valence-electron chi connectivity index (χ3n) is 3.44. The van der Waals surface area contributed by atoms with Crippen LogP contribution in [0.2, 0.25) is 0 Å². The molecule has 1 atom stereocenters. The van der Waals surface area contributed by atoms with E-state index in [1.165, 1.54) is 6.42 Å². The van der Waals surface area contributed by atoms with Crippen LogP contribution in [-0.2, 0) is 9.53 Å². The van der Waals surface area contributed by atoms with Gasteiger partial charge in [-0.1, -0.05) is 13.8 Å². The molecule has 0 spiro atoms. The van der Waals surface area contributed by atoms with Gasteiger partial charge in [0.05, 0.1) is 6.10 Å². The lowest BCUT2D eigenvalue weighted by molar-refractivity contribution is -0.126. The molecule has 1 aliphatic rings. The zero-order valence-corrected chi connectivity index (χ0v) is 11.1. The molecule has 1 fully saturated rings. The van der Waals surface area contributed by atoms with Crippen molar-refractivity contribution in [2.45, 2.75) is 46.6 Å². The summed E-state index contributed by atoms with van der Waals surface area (Å²) in [5, 5.41) is 0. The Hall–Kier alpha value is -0.410. The number of hydrogen-bond acceptors (Lipinski definition) is 3. The van der Waals surface area contributed by atoms with E-state index in [1.54, 1.807) is 6.92 Å². The summed E-state index contributed by atoms with van der Waals surface area (Å²) in [7, 11) is 0. The summed E-state index contributed by atoms with van der Waals surface area (Å²) in [6.45, 7) is 11.5. The number of nitrogens with zero attached hydrogens (tertiary/aromatic N) is 1. The summed E-state index contributed by atoms with van der Waals surface area (Å²) in [5.74, 6) is 0.269. The molecule has 0 bridgehead atoms. The van der Waals surface area contributed by atoms with Crippen LogP contribution in [-0.4, -0.2) is 43.0 Å². The van der Waals surface area contributed by atoms with Gasteiger partial charge in [0.2, 0.25) is 0 Å². The van der Waals surface area contributed by atoms with E-state index < -0.39 is 0 Å². The topological polar surface area (TPSA) is 29.5 Å². The number of hydrogen-bond donors (Lipinski definition) is 0. The monoisotopic (exact) mass is 227 g/mol. The molecule has 0 amide bonds. The standard InChI is InChI=1S/C13H25NO2/c1-5-16-12-7-6-8-14(9-12)10-13(3,4)11(2)15/h12H,5-10H2,1-4H3. The second-order valence-corrected chi connectivity index (χ2v) is 5.39. The molecule has 1 aliphatic heterocycles. The highest BCUT2D eigenvalue weighted by Crippen LogP contribution is 2.22. The number of ketones is 1. The van der Waals surface area contributed by atoms with Gasteiger partial charge in [-0.25, -0.2) is 0 Å². The fraction of sp³-hybridized carbons (Fsp3) is 0.923. The van der Waals surface area contributed by atoms with Crippen LogP contribution in [0.4, 0.5) is 0 Å². The van der Waals surface area contributed by atoms with Gasteiger partial charge in [-0.15, -0.1) is 0 Å². The van der Waals surface area contributed by atoms with Crippen molar-refractivity contribution in [3.05, 3.63) is 0 Å². The van der Waals surface area contributed by atoms with Crippen LogP contribution < -0.4 is 0 Å². The van der Waals surface area contributed by atoms with Crippen LogP contribution in [0.1, 0.15) is 40.5 Å². The summed E-state index contributed by atoms with van der Waals surface area (Å²) in [6, 6.07) is 0. The van der Waals surface area contributed by atoms with Crippen molar-refractivity contribution >= 4 is 5.78 Å². The Morgan fingerprint density at radius 1 is 1.50 bits per heavy atom. The number of carbonyl (C=O) groups is 1. The number of likely N-dealkylation sites (tertiary alicyclic amines) is 1. The molecule has 0 N–H and O–H groups in total. The molecule has 1 rings (SSSR count). The van der Waals surface area contributed by atoms with Crippen molar-refractivity contribution in [3.8, 4) is 0 Å². The summed E-state index contributed by atoms with van der Waals surface area (Å²) in [6.07, 6.45) is 2.70. The number of rotatable bonds is 5. The predicted molar refractivity (Wildman–Crippen MR) is 65.6 cm³/mol. The van der Waals surface area contributed by atoms with Crippen LogP contribution in [0.5, 0.6) is 0 Å². The van der Waals surface area contributed by atoms with E-state index in [0.717, 1.165) is 32.7 Å². The molecule has 3 heteroatoms. The van der Waals surface area contributed by atoms with Crippen LogP contribution in [0, 0.1) is 5.41 Å². The van der Waals surface area contributed by atoms with E-state index in [4.69, 9.17) is 4.74 Å². The summed E-state index contributed by atoms with van der Waals surface area (Å²) < 4.78 is 5.66. The van der Waals surface area contributed by atoms with Gasteiger partial charge in [0, 0.05) is 25.1 Å². The van der Waals surface area contributed by atoms with Crippen molar-refractivity contribution in [1.29, 1.82) is 0 Å². The highest BCUT2D eigenvalue weighted by atomic mass is 16.5. The van der Waals surface area contributed by atoms with Crippen molar-refractivity contribution < 1.29 is 9.53 Å². The molecule has 1 unspecified atom stereocenters. The third-order valence-corrected chi connectivity index (χ3v) is 3.44. The van der Waals surface area contributed by atoms with Crippen molar-refractivity contribution in [3.63, 3.8) is 0 Å². The van der Waals surface area contributed by atoms with E-state index in [2.05, 4.69) is 4.90 Å². The Labute approximate surface area is 99.1 Å². The van der Waals surface area contributed by atoms with Crippen LogP contribution >= 0.6 is 0 Å². The molecule has 1 heterocycles. The maximum atomic E-state index is 11.5. The average Bonchev–Trinajstić information content (AvgIpc) is 2.17. The fourth-order valence-electron chi connectivity index (χ4n) is 2.20. The van der Waals surface area contributed by atoms with Gasteiger partial charge in [0.15, 0.2) is 0 Å². The quantitative estimate of drug-likeness (QED) is 0.720. The maximum Gasteiger partial charge on any atom is 0.136 e. The lowest BCUT2D eigenvalue weighted by atomic mass is 9.87. The van der Waals surface area contributed by atoms with Crippen LogP contribution in [0.15, 0.2) is 0 Å². The zero-order chi connectivity index (χ0) is 12.2. The second kappa shape index (κ2) is 5.78. The average molecular weight is 227 g/mol. The number of piperidine rings is 1. The second-order valence-electron chi connectivity index (χ2n) is 5.39. The minimum absolute atomic E-state index is 0.228. The predicted octanol–water partition coefficient (Wildman–Crippen LogP) is 2.10. The molecule has 0 aromatic carbocycles. The molecule has 0 saturated carbocycles. The van der Waals surface area contributed by atoms with E-state index in [9.17, 15) is 4.79 Å². The fourth-order valence-corrected chi connectivity index (χ4v) is 2.20. The maximum absolute atomic E-state index is 11.5. The summed E-state index contributed by atoms with van der Waals surface area (Å²) >= 11 is 0. The van der Waals surface area contributed by atoms with Gasteiger partial charge in [-0.3, -0.25) is 9.69 Å². The first-order valence-corrected chi connectivity index (χ1v) is 6.30. The van der Waals surface area contributed by atoms with Crippen LogP contribution in [0.3, 0.4) is 0 Å². The van der Waals surface area contributed by atoms with Gasteiger partial charge in [-0.05, 0) is 33.2 Å². The Balaban J connectivity index is 2.45. The minimum Gasteiger partial charge on any atom is -0.377 e. The van der Waals surface area contributed by atoms with Crippen molar-refractivity contribution in [1.82, 2.24) is 4.90 Å². The first-order valence-electron chi connectivity index (χ1n) is 6.30. The van der Waals surface area contributed by atoms with Gasteiger partial charge in [-0.2, -0.15) is 0 Å². The first-order chi connectivity index (χ1) is 7.45. The first kappa shape index (κ1) is 13.7. The van der Waals surface area contributed by atoms with Crippen molar-refractivity contribution in [2.75, 3.05) is 26.2 Å². The number of Topliss-reactive ketones (excluding diaryl/α,β-unsaturated/α-hetero) is 1. The molecular formula is C13H25NO2. The van der Waals surface area contributed by atoms with E-state index in [-0.39, 0.29) is 11.2 Å². The SMILES string of the molecule is CCOC1CCCN(CC(C)(C)C(C)=O)C1. The molecular weight excluding hydrogens is 202 g/mol. The summed E-state index contributed by atoms with van der Waals surface area (Å²) in [5.41, 5.74) is -0.228. The Morgan fingerprint density at radius 3 is 2.75 bits per heavy atom. The smallest absolute Gasteiger partial charge is 0.136 e. The molecule has 0 radical (unpaired) electrons. The van der Waals surface area contributed by atoms with E-state index >= 15 is 0 Å².